The van der Waals surface area contributed by atoms with Crippen molar-refractivity contribution < 1.29 is 8.83 Å². The molecule has 0 bridgehead atoms. The molecule has 124 valence electrons. The fraction of sp³-hybridized carbons (Fsp3) is 0.111. The van der Waals surface area contributed by atoms with E-state index in [4.69, 9.17) is 8.83 Å². The van der Waals surface area contributed by atoms with Gasteiger partial charge in [-0.3, -0.25) is 0 Å². The van der Waals surface area contributed by atoms with Gasteiger partial charge in [-0.05, 0) is 11.1 Å². The number of nitrogens with zero attached hydrogens (tertiary/aromatic N) is 4. The van der Waals surface area contributed by atoms with Gasteiger partial charge in [0.05, 0.1) is 0 Å². The lowest BCUT2D eigenvalue weighted by Gasteiger charge is -2.19. The molecule has 0 aliphatic rings. The first-order valence-electron chi connectivity index (χ1n) is 7.69. The molecule has 0 N–H and O–H groups in total. The molecule has 6 nitrogen and oxygen atoms in total. The third-order valence-corrected chi connectivity index (χ3v) is 5.17. The van der Waals surface area contributed by atoms with Gasteiger partial charge in [-0.2, -0.15) is 0 Å². The third-order valence-electron chi connectivity index (χ3n) is 3.68. The molecule has 0 amide bonds. The van der Waals surface area contributed by atoms with E-state index in [1.165, 1.54) is 12.8 Å². The summed E-state index contributed by atoms with van der Waals surface area (Å²) in [6.45, 7) is 0. The van der Waals surface area contributed by atoms with Crippen LogP contribution in [0.5, 0.6) is 0 Å². The zero-order valence-electron chi connectivity index (χ0n) is 13.1. The number of benzene rings is 2. The van der Waals surface area contributed by atoms with Crippen molar-refractivity contribution in [2.45, 2.75) is 10.5 Å². The van der Waals surface area contributed by atoms with Crippen LogP contribution in [0.25, 0.3) is 0 Å². The molecule has 0 spiro atoms. The zero-order chi connectivity index (χ0) is 16.9. The summed E-state index contributed by atoms with van der Waals surface area (Å²) in [5.74, 6) is 1.08. The second-order valence-electron chi connectivity index (χ2n) is 5.27. The number of aromatic nitrogens is 4. The summed E-state index contributed by atoms with van der Waals surface area (Å²) in [7, 11) is 0. The van der Waals surface area contributed by atoms with Crippen LogP contribution >= 0.6 is 11.8 Å². The number of hydrogen-bond acceptors (Lipinski definition) is 7. The van der Waals surface area contributed by atoms with Crippen LogP contribution in [0.4, 0.5) is 0 Å². The van der Waals surface area contributed by atoms with Gasteiger partial charge >= 0.3 is 0 Å². The quantitative estimate of drug-likeness (QED) is 0.519. The van der Waals surface area contributed by atoms with Gasteiger partial charge in [0.2, 0.25) is 24.6 Å². The molecule has 2 atom stereocenters. The minimum atomic E-state index is -0.152. The second-order valence-corrected chi connectivity index (χ2v) is 6.49. The summed E-state index contributed by atoms with van der Waals surface area (Å²) in [4.78, 5) is 0. The number of rotatable bonds is 6. The van der Waals surface area contributed by atoms with Crippen LogP contribution in [0.2, 0.25) is 0 Å². The van der Waals surface area contributed by atoms with Gasteiger partial charge in [-0.25, -0.2) is 0 Å². The van der Waals surface area contributed by atoms with Crippen molar-refractivity contribution in [2.75, 3.05) is 0 Å². The first kappa shape index (κ1) is 15.6. The Morgan fingerprint density at radius 2 is 1.08 bits per heavy atom. The highest BCUT2D eigenvalue weighted by molar-refractivity contribution is 8.00. The Hall–Kier alpha value is -2.93. The number of hydrogen-bond donors (Lipinski definition) is 0. The molecule has 0 fully saturated rings. The van der Waals surface area contributed by atoms with E-state index in [0.29, 0.717) is 11.8 Å². The number of thioether (sulfide) groups is 1. The van der Waals surface area contributed by atoms with Gasteiger partial charge in [0.1, 0.15) is 10.5 Å². The molecule has 0 aliphatic heterocycles. The molecule has 4 rings (SSSR count). The smallest absolute Gasteiger partial charge is 0.233 e. The Morgan fingerprint density at radius 3 is 1.44 bits per heavy atom. The normalized spacial score (nSPS) is 13.4. The van der Waals surface area contributed by atoms with Crippen LogP contribution in [0.3, 0.4) is 0 Å². The molecule has 25 heavy (non-hydrogen) atoms. The highest BCUT2D eigenvalue weighted by Crippen LogP contribution is 2.46. The lowest BCUT2D eigenvalue weighted by atomic mass is 10.1. The Balaban J connectivity index is 1.74. The van der Waals surface area contributed by atoms with Crippen molar-refractivity contribution in [2.24, 2.45) is 0 Å². The second kappa shape index (κ2) is 7.31. The maximum Gasteiger partial charge on any atom is 0.233 e. The van der Waals surface area contributed by atoms with Crippen molar-refractivity contribution in [1.82, 2.24) is 20.4 Å². The minimum Gasteiger partial charge on any atom is -0.426 e. The van der Waals surface area contributed by atoms with Crippen LogP contribution in [0, 0.1) is 0 Å². The molecule has 4 aromatic rings. The molecular formula is C18H14N4O2S. The molecule has 2 unspecified atom stereocenters. The molecule has 0 aliphatic carbocycles. The minimum absolute atomic E-state index is 0.152. The molecular weight excluding hydrogens is 336 g/mol. The fourth-order valence-corrected chi connectivity index (χ4v) is 3.88. The van der Waals surface area contributed by atoms with Crippen LogP contribution in [0.1, 0.15) is 33.4 Å². The zero-order valence-corrected chi connectivity index (χ0v) is 13.9. The predicted molar refractivity (Wildman–Crippen MR) is 92.8 cm³/mol. The highest BCUT2D eigenvalue weighted by Gasteiger charge is 2.29. The first-order valence-corrected chi connectivity index (χ1v) is 8.63. The Bertz CT molecular complexity index is 808. The molecule has 0 saturated carbocycles. The lowest BCUT2D eigenvalue weighted by Crippen LogP contribution is -2.04. The van der Waals surface area contributed by atoms with Crippen molar-refractivity contribution in [1.29, 1.82) is 0 Å². The predicted octanol–water partition coefficient (Wildman–Crippen LogP) is 4.06. The average molecular weight is 350 g/mol. The summed E-state index contributed by atoms with van der Waals surface area (Å²) < 4.78 is 11.0. The van der Waals surface area contributed by atoms with Gasteiger partial charge in [0, 0.05) is 0 Å². The van der Waals surface area contributed by atoms with Gasteiger partial charge in [-0.15, -0.1) is 32.2 Å². The third kappa shape index (κ3) is 3.46. The average Bonchev–Trinajstić information content (AvgIpc) is 3.38. The SMILES string of the molecule is c1ccc(C(SC(c2ccccc2)c2nnco2)c2nnco2)cc1. The molecule has 7 heteroatoms. The van der Waals surface area contributed by atoms with E-state index in [1.807, 2.05) is 60.7 Å². The van der Waals surface area contributed by atoms with Crippen molar-refractivity contribution in [3.8, 4) is 0 Å². The van der Waals surface area contributed by atoms with Crippen LogP contribution < -0.4 is 0 Å². The van der Waals surface area contributed by atoms with E-state index in [1.54, 1.807) is 11.8 Å². The van der Waals surface area contributed by atoms with Gasteiger partial charge in [0.25, 0.3) is 0 Å². The van der Waals surface area contributed by atoms with Crippen LogP contribution in [0.15, 0.2) is 82.3 Å². The monoisotopic (exact) mass is 350 g/mol. The standard InChI is InChI=1S/C18H14N4O2S/c1-3-7-13(8-4-1)15(17-21-19-11-23-17)25-16(18-22-20-12-24-18)14-9-5-2-6-10-14/h1-12,15-16H. The van der Waals surface area contributed by atoms with Crippen molar-refractivity contribution in [3.63, 3.8) is 0 Å². The molecule has 2 heterocycles. The van der Waals surface area contributed by atoms with Crippen molar-refractivity contribution >= 4 is 11.8 Å². The lowest BCUT2D eigenvalue weighted by molar-refractivity contribution is 0.495. The fourth-order valence-electron chi connectivity index (χ4n) is 2.54. The van der Waals surface area contributed by atoms with E-state index in [9.17, 15) is 0 Å². The maximum absolute atomic E-state index is 5.49. The summed E-state index contributed by atoms with van der Waals surface area (Å²) in [5, 5.41) is 15.6. The van der Waals surface area contributed by atoms with Gasteiger partial charge in [-0.1, -0.05) is 60.7 Å². The van der Waals surface area contributed by atoms with E-state index in [-0.39, 0.29) is 10.5 Å². The Morgan fingerprint density at radius 1 is 0.640 bits per heavy atom. The van der Waals surface area contributed by atoms with Gasteiger partial charge < -0.3 is 8.83 Å². The van der Waals surface area contributed by atoms with Crippen molar-refractivity contribution in [3.05, 3.63) is 96.4 Å². The summed E-state index contributed by atoms with van der Waals surface area (Å²) in [6.07, 6.45) is 2.69. The van der Waals surface area contributed by atoms with Gasteiger partial charge in [0.15, 0.2) is 0 Å². The summed E-state index contributed by atoms with van der Waals surface area (Å²) >= 11 is 1.62. The highest BCUT2D eigenvalue weighted by atomic mass is 32.2. The molecule has 0 saturated heterocycles. The largest absolute Gasteiger partial charge is 0.426 e. The Kier molecular flexibility index (Phi) is 4.56. The van der Waals surface area contributed by atoms with E-state index in [0.717, 1.165) is 11.1 Å². The first-order chi connectivity index (χ1) is 12.4. The summed E-state index contributed by atoms with van der Waals surface area (Å²) in [5.41, 5.74) is 2.13. The van der Waals surface area contributed by atoms with E-state index >= 15 is 0 Å². The molecule has 2 aromatic heterocycles. The van der Waals surface area contributed by atoms with E-state index in [2.05, 4.69) is 20.4 Å². The summed E-state index contributed by atoms with van der Waals surface area (Å²) in [6, 6.07) is 20.1. The maximum atomic E-state index is 5.49. The Labute approximate surface area is 148 Å². The van der Waals surface area contributed by atoms with E-state index < -0.39 is 0 Å². The van der Waals surface area contributed by atoms with Crippen LogP contribution in [-0.4, -0.2) is 20.4 Å². The van der Waals surface area contributed by atoms with Crippen LogP contribution in [-0.2, 0) is 0 Å². The molecule has 2 aromatic carbocycles. The molecule has 0 radical (unpaired) electrons. The topological polar surface area (TPSA) is 77.8 Å².